The number of fused-ring (bicyclic) bond motifs is 1. The Balaban J connectivity index is 1.57. The van der Waals surface area contributed by atoms with Crippen LogP contribution in [-0.4, -0.2) is 26.7 Å². The van der Waals surface area contributed by atoms with Crippen LogP contribution in [0.15, 0.2) is 67.0 Å². The van der Waals surface area contributed by atoms with Crippen molar-refractivity contribution >= 4 is 11.6 Å². The van der Waals surface area contributed by atoms with Crippen molar-refractivity contribution in [3.05, 3.63) is 78.2 Å². The maximum atomic E-state index is 6.03. The maximum Gasteiger partial charge on any atom is 0.254 e. The quantitative estimate of drug-likeness (QED) is 0.541. The summed E-state index contributed by atoms with van der Waals surface area (Å²) in [4.78, 5) is 8.58. The summed E-state index contributed by atoms with van der Waals surface area (Å²) < 4.78 is 12.9. The average molecular weight is 361 g/mol. The molecule has 2 aromatic heterocycles. The van der Waals surface area contributed by atoms with Gasteiger partial charge in [0.2, 0.25) is 0 Å². The summed E-state index contributed by atoms with van der Waals surface area (Å²) in [5, 5.41) is 7.63. The molecule has 0 fully saturated rings. The van der Waals surface area contributed by atoms with E-state index in [-0.39, 0.29) is 0 Å². The molecule has 2 aromatic carbocycles. The van der Waals surface area contributed by atoms with E-state index in [9.17, 15) is 0 Å². The van der Waals surface area contributed by atoms with Crippen LogP contribution < -0.4 is 10.1 Å². The highest BCUT2D eigenvalue weighted by Crippen LogP contribution is 2.26. The number of nitrogens with zero attached hydrogens (tertiary/aromatic N) is 4. The number of aromatic nitrogens is 4. The minimum Gasteiger partial charge on any atom is -0.457 e. The smallest absolute Gasteiger partial charge is 0.254 e. The van der Waals surface area contributed by atoms with Crippen molar-refractivity contribution in [1.82, 2.24) is 19.6 Å². The van der Waals surface area contributed by atoms with E-state index in [1.807, 2.05) is 60.7 Å². The average Bonchev–Trinajstić information content (AvgIpc) is 3.17. The van der Waals surface area contributed by atoms with Gasteiger partial charge in [-0.15, -0.1) is 0 Å². The van der Waals surface area contributed by atoms with Crippen molar-refractivity contribution in [2.45, 2.75) is 13.2 Å². The zero-order valence-electron chi connectivity index (χ0n) is 14.9. The van der Waals surface area contributed by atoms with Crippen LogP contribution in [0, 0.1) is 0 Å². The number of hydrogen-bond donors (Lipinski definition) is 1. The highest BCUT2D eigenvalue weighted by atomic mass is 16.5. The molecule has 4 rings (SSSR count). The Morgan fingerprint density at radius 3 is 2.70 bits per heavy atom. The van der Waals surface area contributed by atoms with E-state index in [0.717, 1.165) is 28.6 Å². The highest BCUT2D eigenvalue weighted by molar-refractivity contribution is 5.47. The number of benzene rings is 2. The zero-order chi connectivity index (χ0) is 18.5. The van der Waals surface area contributed by atoms with Gasteiger partial charge in [0.15, 0.2) is 0 Å². The molecule has 7 heteroatoms. The lowest BCUT2D eigenvalue weighted by Gasteiger charge is -2.13. The van der Waals surface area contributed by atoms with E-state index < -0.39 is 0 Å². The lowest BCUT2D eigenvalue weighted by molar-refractivity contribution is 0.181. The number of methoxy groups -OCH3 is 1. The Morgan fingerprint density at radius 1 is 1.04 bits per heavy atom. The highest BCUT2D eigenvalue weighted by Gasteiger charge is 2.09. The SMILES string of the molecule is COCc1cc(NCc2ccccc2Oc2ccccc2)n2ncnc2n1. The molecule has 4 aromatic rings. The fourth-order valence-electron chi connectivity index (χ4n) is 2.76. The summed E-state index contributed by atoms with van der Waals surface area (Å²) in [5.41, 5.74) is 1.81. The van der Waals surface area contributed by atoms with Crippen LogP contribution in [0.5, 0.6) is 11.5 Å². The third-order valence-electron chi connectivity index (χ3n) is 4.00. The van der Waals surface area contributed by atoms with Crippen molar-refractivity contribution in [2.24, 2.45) is 0 Å². The predicted octanol–water partition coefficient (Wildman–Crippen LogP) is 3.68. The molecule has 136 valence electrons. The van der Waals surface area contributed by atoms with E-state index in [1.54, 1.807) is 11.6 Å². The predicted molar refractivity (Wildman–Crippen MR) is 102 cm³/mol. The minimum absolute atomic E-state index is 0.408. The molecule has 0 saturated heterocycles. The van der Waals surface area contributed by atoms with Crippen LogP contribution in [0.4, 0.5) is 5.82 Å². The molecule has 0 amide bonds. The lowest BCUT2D eigenvalue weighted by atomic mass is 10.2. The zero-order valence-corrected chi connectivity index (χ0v) is 14.9. The van der Waals surface area contributed by atoms with Crippen LogP contribution in [0.1, 0.15) is 11.3 Å². The van der Waals surface area contributed by atoms with Gasteiger partial charge >= 0.3 is 0 Å². The first-order valence-corrected chi connectivity index (χ1v) is 8.57. The first kappa shape index (κ1) is 17.0. The standard InChI is InChI=1S/C20H19N5O2/c1-26-13-16-11-19(25-20(24-16)22-14-23-25)21-12-15-7-5-6-10-18(15)27-17-8-3-2-4-9-17/h2-11,14,21H,12-13H2,1H3. The van der Waals surface area contributed by atoms with Gasteiger partial charge in [0, 0.05) is 25.3 Å². The van der Waals surface area contributed by atoms with Gasteiger partial charge in [0.05, 0.1) is 12.3 Å². The van der Waals surface area contributed by atoms with Crippen molar-refractivity contribution in [1.29, 1.82) is 0 Å². The molecule has 1 N–H and O–H groups in total. The second-order valence-corrected chi connectivity index (χ2v) is 5.91. The van der Waals surface area contributed by atoms with Crippen LogP contribution in [0.2, 0.25) is 0 Å². The van der Waals surface area contributed by atoms with E-state index >= 15 is 0 Å². The maximum absolute atomic E-state index is 6.03. The van der Waals surface area contributed by atoms with E-state index in [4.69, 9.17) is 9.47 Å². The summed E-state index contributed by atoms with van der Waals surface area (Å²) in [6, 6.07) is 19.6. The summed E-state index contributed by atoms with van der Waals surface area (Å²) in [6.45, 7) is 0.972. The molecule has 2 heterocycles. The summed E-state index contributed by atoms with van der Waals surface area (Å²) in [5.74, 6) is 2.92. The molecule has 0 aliphatic heterocycles. The van der Waals surface area contributed by atoms with Crippen LogP contribution in [0.3, 0.4) is 0 Å². The van der Waals surface area contributed by atoms with Crippen LogP contribution >= 0.6 is 0 Å². The van der Waals surface area contributed by atoms with Crippen LogP contribution in [-0.2, 0) is 17.9 Å². The van der Waals surface area contributed by atoms with Crippen molar-refractivity contribution in [2.75, 3.05) is 12.4 Å². The number of nitrogens with one attached hydrogen (secondary N) is 1. The number of para-hydroxylation sites is 2. The molecule has 0 spiro atoms. The summed E-state index contributed by atoms with van der Waals surface area (Å²) in [7, 11) is 1.64. The number of hydrogen-bond acceptors (Lipinski definition) is 6. The fourth-order valence-corrected chi connectivity index (χ4v) is 2.76. The second kappa shape index (κ2) is 7.84. The van der Waals surface area contributed by atoms with E-state index in [2.05, 4.69) is 20.4 Å². The Hall–Kier alpha value is -3.45. The van der Waals surface area contributed by atoms with Gasteiger partial charge in [-0.05, 0) is 18.2 Å². The molecule has 0 bridgehead atoms. The van der Waals surface area contributed by atoms with Crippen molar-refractivity contribution in [3.63, 3.8) is 0 Å². The van der Waals surface area contributed by atoms with Crippen molar-refractivity contribution in [3.8, 4) is 11.5 Å². The van der Waals surface area contributed by atoms with Gasteiger partial charge in [-0.1, -0.05) is 36.4 Å². The molecular formula is C20H19N5O2. The van der Waals surface area contributed by atoms with Gasteiger partial charge in [-0.3, -0.25) is 0 Å². The largest absolute Gasteiger partial charge is 0.457 e. The summed E-state index contributed by atoms with van der Waals surface area (Å²) in [6.07, 6.45) is 1.48. The fraction of sp³-hybridized carbons (Fsp3) is 0.150. The molecule has 0 saturated carbocycles. The third kappa shape index (κ3) is 3.88. The Kier molecular flexibility index (Phi) is 4.93. The Morgan fingerprint density at radius 2 is 1.85 bits per heavy atom. The first-order valence-electron chi connectivity index (χ1n) is 8.57. The topological polar surface area (TPSA) is 73.6 Å². The molecule has 7 nitrogen and oxygen atoms in total. The molecule has 0 unspecified atom stereocenters. The van der Waals surface area contributed by atoms with Gasteiger partial charge in [-0.25, -0.2) is 4.98 Å². The van der Waals surface area contributed by atoms with Crippen molar-refractivity contribution < 1.29 is 9.47 Å². The lowest BCUT2D eigenvalue weighted by Crippen LogP contribution is -2.08. The van der Waals surface area contributed by atoms with Gasteiger partial charge < -0.3 is 14.8 Å². The van der Waals surface area contributed by atoms with Gasteiger partial charge in [0.25, 0.3) is 5.78 Å². The first-order chi connectivity index (χ1) is 13.3. The van der Waals surface area contributed by atoms with Crippen LogP contribution in [0.25, 0.3) is 5.78 Å². The molecule has 0 atom stereocenters. The normalized spacial score (nSPS) is 10.9. The number of rotatable bonds is 7. The van der Waals surface area contributed by atoms with Gasteiger partial charge in [-0.2, -0.15) is 14.6 Å². The molecule has 0 aliphatic carbocycles. The molecule has 0 radical (unpaired) electrons. The van der Waals surface area contributed by atoms with Gasteiger partial charge in [0.1, 0.15) is 23.6 Å². The molecule has 27 heavy (non-hydrogen) atoms. The Bertz CT molecular complexity index is 1030. The minimum atomic E-state index is 0.408. The molecule has 0 aliphatic rings. The number of ether oxygens (including phenoxy) is 2. The number of anilines is 1. The second-order valence-electron chi connectivity index (χ2n) is 5.91. The third-order valence-corrected chi connectivity index (χ3v) is 4.00. The van der Waals surface area contributed by atoms with E-state index in [0.29, 0.717) is 18.9 Å². The Labute approximate surface area is 156 Å². The van der Waals surface area contributed by atoms with E-state index in [1.165, 1.54) is 6.33 Å². The summed E-state index contributed by atoms with van der Waals surface area (Å²) >= 11 is 0. The molecular weight excluding hydrogens is 342 g/mol. The monoisotopic (exact) mass is 361 g/mol.